The fraction of sp³-hybridized carbons (Fsp3) is 0.833. The number of halogens is 1. The van der Waals surface area contributed by atoms with Gasteiger partial charge in [0, 0.05) is 25.6 Å². The molecule has 2 amide bonds. The van der Waals surface area contributed by atoms with E-state index in [4.69, 9.17) is 5.73 Å². The molecule has 3 unspecified atom stereocenters. The van der Waals surface area contributed by atoms with Gasteiger partial charge in [0.15, 0.2) is 0 Å². The molecule has 0 bridgehead atoms. The van der Waals surface area contributed by atoms with Crippen LogP contribution in [-0.2, 0) is 9.59 Å². The maximum atomic E-state index is 12.3. The van der Waals surface area contributed by atoms with E-state index in [1.165, 1.54) is 0 Å². The van der Waals surface area contributed by atoms with Crippen LogP contribution in [0.4, 0.5) is 0 Å². The number of nitrogens with one attached hydrogen (secondary N) is 1. The number of nitrogens with zero attached hydrogens (tertiary/aromatic N) is 1. The molecule has 1 heterocycles. The molecular formula is C12H22ClN3O2. The van der Waals surface area contributed by atoms with Gasteiger partial charge in [0.25, 0.3) is 0 Å². The highest BCUT2D eigenvalue weighted by Crippen LogP contribution is 2.29. The molecular weight excluding hydrogens is 254 g/mol. The summed E-state index contributed by atoms with van der Waals surface area (Å²) in [6.07, 6.45) is 4.27. The smallest absolute Gasteiger partial charge is 0.242 e. The third-order valence-corrected chi connectivity index (χ3v) is 3.91. The molecule has 3 atom stereocenters. The minimum absolute atomic E-state index is 0. The maximum absolute atomic E-state index is 12.3. The van der Waals surface area contributed by atoms with Gasteiger partial charge in [-0.1, -0.05) is 0 Å². The van der Waals surface area contributed by atoms with Gasteiger partial charge in [0.1, 0.15) is 6.04 Å². The largest absolute Gasteiger partial charge is 0.357 e. The van der Waals surface area contributed by atoms with E-state index < -0.39 is 0 Å². The monoisotopic (exact) mass is 275 g/mol. The maximum Gasteiger partial charge on any atom is 0.242 e. The summed E-state index contributed by atoms with van der Waals surface area (Å²) in [4.78, 5) is 25.7. The zero-order valence-corrected chi connectivity index (χ0v) is 11.5. The lowest BCUT2D eigenvalue weighted by atomic mass is 10.1. The summed E-state index contributed by atoms with van der Waals surface area (Å²) >= 11 is 0. The Morgan fingerprint density at radius 2 is 2.00 bits per heavy atom. The number of rotatable bonds is 2. The van der Waals surface area contributed by atoms with Crippen molar-refractivity contribution in [2.24, 2.45) is 11.7 Å². The quantitative estimate of drug-likeness (QED) is 0.760. The van der Waals surface area contributed by atoms with Gasteiger partial charge in [0.05, 0.1) is 0 Å². The van der Waals surface area contributed by atoms with Crippen molar-refractivity contribution < 1.29 is 9.59 Å². The summed E-state index contributed by atoms with van der Waals surface area (Å²) in [5, 5.41) is 2.63. The number of carbonyl (C=O) groups excluding carboxylic acids is 2. The van der Waals surface area contributed by atoms with Gasteiger partial charge in [-0.05, 0) is 32.1 Å². The van der Waals surface area contributed by atoms with Gasteiger partial charge >= 0.3 is 0 Å². The summed E-state index contributed by atoms with van der Waals surface area (Å²) in [5.74, 6) is 0.123. The summed E-state index contributed by atoms with van der Waals surface area (Å²) < 4.78 is 0. The summed E-state index contributed by atoms with van der Waals surface area (Å²) in [6.45, 7) is 0.711. The van der Waals surface area contributed by atoms with Crippen LogP contribution in [0.15, 0.2) is 0 Å². The second-order valence-electron chi connectivity index (χ2n) is 5.07. The highest BCUT2D eigenvalue weighted by atomic mass is 35.5. The first kappa shape index (κ1) is 15.2. The number of nitrogens with two attached hydrogens (primary N) is 1. The molecule has 2 rings (SSSR count). The number of hydrogen-bond donors (Lipinski definition) is 2. The molecule has 104 valence electrons. The van der Waals surface area contributed by atoms with E-state index in [0.29, 0.717) is 6.54 Å². The molecule has 1 saturated heterocycles. The molecule has 0 aromatic carbocycles. The van der Waals surface area contributed by atoms with Crippen LogP contribution < -0.4 is 11.1 Å². The molecule has 6 heteroatoms. The number of likely N-dealkylation sites (N-methyl/N-ethyl adjacent to an activating group) is 1. The Kier molecular flexibility index (Phi) is 5.41. The predicted molar refractivity (Wildman–Crippen MR) is 71.4 cm³/mol. The van der Waals surface area contributed by atoms with E-state index in [9.17, 15) is 9.59 Å². The summed E-state index contributed by atoms with van der Waals surface area (Å²) in [5.41, 5.74) is 5.83. The second-order valence-corrected chi connectivity index (χ2v) is 5.07. The van der Waals surface area contributed by atoms with Crippen molar-refractivity contribution in [3.05, 3.63) is 0 Å². The molecule has 5 nitrogen and oxygen atoms in total. The Bertz CT molecular complexity index is 324. The fourth-order valence-corrected chi connectivity index (χ4v) is 2.94. The Balaban J connectivity index is 0.00000162. The van der Waals surface area contributed by atoms with E-state index in [2.05, 4.69) is 5.32 Å². The zero-order valence-electron chi connectivity index (χ0n) is 10.7. The standard InChI is InChI=1S/C12H21N3O2.ClH/c1-14-11(16)10-3-2-6-15(10)12(17)8-4-5-9(13)7-8;/h8-10H,2-7,13H2,1H3,(H,14,16);1H. The molecule has 3 N–H and O–H groups in total. The van der Waals surface area contributed by atoms with E-state index in [0.717, 1.165) is 32.1 Å². The van der Waals surface area contributed by atoms with Crippen LogP contribution in [0.2, 0.25) is 0 Å². The molecule has 2 fully saturated rings. The van der Waals surface area contributed by atoms with Crippen molar-refractivity contribution in [3.63, 3.8) is 0 Å². The van der Waals surface area contributed by atoms with Crippen molar-refractivity contribution >= 4 is 24.2 Å². The van der Waals surface area contributed by atoms with Gasteiger partial charge in [-0.15, -0.1) is 12.4 Å². The first-order valence-electron chi connectivity index (χ1n) is 6.41. The molecule has 0 radical (unpaired) electrons. The molecule has 0 spiro atoms. The lowest BCUT2D eigenvalue weighted by Crippen LogP contribution is -2.46. The Morgan fingerprint density at radius 3 is 2.56 bits per heavy atom. The molecule has 2 aliphatic rings. The number of hydrogen-bond acceptors (Lipinski definition) is 3. The van der Waals surface area contributed by atoms with E-state index in [-0.39, 0.29) is 42.2 Å². The SMILES string of the molecule is CNC(=O)C1CCCN1C(=O)C1CCC(N)C1.Cl. The topological polar surface area (TPSA) is 75.4 Å². The number of amides is 2. The Labute approximate surface area is 114 Å². The lowest BCUT2D eigenvalue weighted by Gasteiger charge is -2.26. The van der Waals surface area contributed by atoms with Crippen LogP contribution in [-0.4, -0.2) is 42.4 Å². The summed E-state index contributed by atoms with van der Waals surface area (Å²) in [6, 6.07) is -0.102. The van der Waals surface area contributed by atoms with Crippen LogP contribution in [0.25, 0.3) is 0 Å². The van der Waals surface area contributed by atoms with E-state index in [1.54, 1.807) is 11.9 Å². The summed E-state index contributed by atoms with van der Waals surface area (Å²) in [7, 11) is 1.62. The minimum Gasteiger partial charge on any atom is -0.357 e. The van der Waals surface area contributed by atoms with Gasteiger partial charge in [-0.2, -0.15) is 0 Å². The highest BCUT2D eigenvalue weighted by molar-refractivity contribution is 5.89. The second kappa shape index (κ2) is 6.38. The molecule has 18 heavy (non-hydrogen) atoms. The lowest BCUT2D eigenvalue weighted by molar-refractivity contribution is -0.141. The van der Waals surface area contributed by atoms with Crippen LogP contribution in [0.5, 0.6) is 0 Å². The Hall–Kier alpha value is -0.810. The van der Waals surface area contributed by atoms with Crippen molar-refractivity contribution in [1.82, 2.24) is 10.2 Å². The van der Waals surface area contributed by atoms with Crippen LogP contribution in [0.3, 0.4) is 0 Å². The third kappa shape index (κ3) is 2.95. The van der Waals surface area contributed by atoms with Gasteiger partial charge in [0.2, 0.25) is 11.8 Å². The first-order chi connectivity index (χ1) is 8.13. The molecule has 0 aromatic rings. The Morgan fingerprint density at radius 1 is 1.28 bits per heavy atom. The molecule has 0 aromatic heterocycles. The molecule has 1 aliphatic carbocycles. The molecule has 1 aliphatic heterocycles. The first-order valence-corrected chi connectivity index (χ1v) is 6.41. The average molecular weight is 276 g/mol. The van der Waals surface area contributed by atoms with Crippen molar-refractivity contribution in [3.8, 4) is 0 Å². The molecule has 1 saturated carbocycles. The van der Waals surface area contributed by atoms with E-state index >= 15 is 0 Å². The van der Waals surface area contributed by atoms with Gasteiger partial charge < -0.3 is 16.0 Å². The predicted octanol–water partition coefficient (Wildman–Crippen LogP) is 0.273. The van der Waals surface area contributed by atoms with Crippen molar-refractivity contribution in [2.75, 3.05) is 13.6 Å². The van der Waals surface area contributed by atoms with Crippen LogP contribution in [0, 0.1) is 5.92 Å². The third-order valence-electron chi connectivity index (χ3n) is 3.91. The normalized spacial score (nSPS) is 31.0. The fourth-order valence-electron chi connectivity index (χ4n) is 2.94. The van der Waals surface area contributed by atoms with Crippen LogP contribution in [0.1, 0.15) is 32.1 Å². The van der Waals surface area contributed by atoms with Crippen LogP contribution >= 0.6 is 12.4 Å². The van der Waals surface area contributed by atoms with Gasteiger partial charge in [-0.3, -0.25) is 9.59 Å². The van der Waals surface area contributed by atoms with Crippen molar-refractivity contribution in [1.29, 1.82) is 0 Å². The van der Waals surface area contributed by atoms with E-state index in [1.807, 2.05) is 0 Å². The highest BCUT2D eigenvalue weighted by Gasteiger charge is 2.38. The van der Waals surface area contributed by atoms with Crippen molar-refractivity contribution in [2.45, 2.75) is 44.2 Å². The average Bonchev–Trinajstić information content (AvgIpc) is 2.95. The minimum atomic E-state index is -0.260. The number of carbonyl (C=O) groups is 2. The number of likely N-dealkylation sites (tertiary alicyclic amines) is 1. The zero-order chi connectivity index (χ0) is 12.4. The van der Waals surface area contributed by atoms with Gasteiger partial charge in [-0.25, -0.2) is 0 Å².